The summed E-state index contributed by atoms with van der Waals surface area (Å²) in [6, 6.07) is 8.59. The first-order valence-electron chi connectivity index (χ1n) is 6.14. The topological polar surface area (TPSA) is 98.3 Å². The number of nitro groups is 1. The zero-order valence-electron chi connectivity index (χ0n) is 11.2. The van der Waals surface area contributed by atoms with Crippen LogP contribution in [0.25, 0.3) is 0 Å². The van der Waals surface area contributed by atoms with Crippen LogP contribution in [0.3, 0.4) is 0 Å². The number of non-ortho nitro benzene ring substituents is 1. The minimum absolute atomic E-state index is 0.0410. The Morgan fingerprint density at radius 1 is 1.23 bits per heavy atom. The molecule has 0 saturated carbocycles. The maximum atomic E-state index is 12.1. The number of carbonyl (C=O) groups is 1. The summed E-state index contributed by atoms with van der Waals surface area (Å²) in [4.78, 5) is 22.3. The van der Waals surface area contributed by atoms with Crippen LogP contribution in [0.1, 0.15) is 15.9 Å². The summed E-state index contributed by atoms with van der Waals surface area (Å²) in [6.07, 6.45) is 0. The van der Waals surface area contributed by atoms with Gasteiger partial charge in [0.2, 0.25) is 0 Å². The van der Waals surface area contributed by atoms with Crippen molar-refractivity contribution in [1.29, 1.82) is 0 Å². The van der Waals surface area contributed by atoms with E-state index in [2.05, 4.69) is 5.32 Å². The molecule has 0 aromatic heterocycles. The third-order valence-corrected chi connectivity index (χ3v) is 3.53. The quantitative estimate of drug-likeness (QED) is 0.506. The summed E-state index contributed by atoms with van der Waals surface area (Å²) in [7, 11) is 0. The number of benzene rings is 2. The highest BCUT2D eigenvalue weighted by Crippen LogP contribution is 2.22. The van der Waals surface area contributed by atoms with Gasteiger partial charge >= 0.3 is 0 Å². The summed E-state index contributed by atoms with van der Waals surface area (Å²) in [5.74, 6) is -0.521. The Bertz CT molecular complexity index is 750. The average molecular weight is 340 g/mol. The van der Waals surface area contributed by atoms with Crippen molar-refractivity contribution in [2.75, 3.05) is 5.73 Å². The smallest absolute Gasteiger partial charge is 0.270 e. The highest BCUT2D eigenvalue weighted by atomic mass is 35.5. The van der Waals surface area contributed by atoms with Crippen molar-refractivity contribution in [1.82, 2.24) is 5.32 Å². The van der Waals surface area contributed by atoms with Gasteiger partial charge in [-0.1, -0.05) is 29.3 Å². The molecule has 8 heteroatoms. The van der Waals surface area contributed by atoms with Crippen molar-refractivity contribution in [2.45, 2.75) is 6.54 Å². The number of anilines is 1. The predicted octanol–water partition coefficient (Wildman–Crippen LogP) is 3.41. The number of amides is 1. The van der Waals surface area contributed by atoms with Gasteiger partial charge in [0.1, 0.15) is 0 Å². The summed E-state index contributed by atoms with van der Waals surface area (Å²) in [6.45, 7) is 0.150. The van der Waals surface area contributed by atoms with Gasteiger partial charge in [0.25, 0.3) is 11.6 Å². The molecule has 0 radical (unpaired) electrons. The number of hydrogen-bond acceptors (Lipinski definition) is 4. The van der Waals surface area contributed by atoms with Crippen molar-refractivity contribution in [3.05, 3.63) is 67.7 Å². The van der Waals surface area contributed by atoms with Crippen molar-refractivity contribution >= 4 is 40.5 Å². The molecule has 114 valence electrons. The molecule has 22 heavy (non-hydrogen) atoms. The molecule has 0 aliphatic carbocycles. The first kappa shape index (κ1) is 16.1. The molecule has 0 atom stereocenters. The zero-order chi connectivity index (χ0) is 16.3. The molecule has 1 amide bonds. The van der Waals surface area contributed by atoms with Crippen LogP contribution in [0.4, 0.5) is 11.4 Å². The fraction of sp³-hybridized carbons (Fsp3) is 0.0714. The summed E-state index contributed by atoms with van der Waals surface area (Å²) >= 11 is 11.8. The van der Waals surface area contributed by atoms with Crippen LogP contribution in [-0.2, 0) is 6.54 Å². The molecule has 0 unspecified atom stereocenters. The lowest BCUT2D eigenvalue weighted by atomic mass is 10.1. The predicted molar refractivity (Wildman–Crippen MR) is 85.1 cm³/mol. The third kappa shape index (κ3) is 3.66. The fourth-order valence-electron chi connectivity index (χ4n) is 1.79. The van der Waals surface area contributed by atoms with Gasteiger partial charge in [-0.2, -0.15) is 0 Å². The van der Waals surface area contributed by atoms with Gasteiger partial charge in [-0.05, 0) is 23.8 Å². The van der Waals surface area contributed by atoms with E-state index in [1.54, 1.807) is 18.2 Å². The number of nitrogens with zero attached hydrogens (tertiary/aromatic N) is 1. The number of nitrogens with one attached hydrogen (secondary N) is 1. The van der Waals surface area contributed by atoms with Crippen LogP contribution < -0.4 is 11.1 Å². The minimum Gasteiger partial charge on any atom is -0.398 e. The second-order valence-corrected chi connectivity index (χ2v) is 5.29. The number of hydrogen-bond donors (Lipinski definition) is 2. The summed E-state index contributed by atoms with van der Waals surface area (Å²) in [5, 5.41) is 14.3. The van der Waals surface area contributed by atoms with Gasteiger partial charge < -0.3 is 11.1 Å². The summed E-state index contributed by atoms with van der Waals surface area (Å²) in [5.41, 5.74) is 6.35. The maximum absolute atomic E-state index is 12.1. The molecule has 2 aromatic rings. The van der Waals surface area contributed by atoms with Crippen LogP contribution in [-0.4, -0.2) is 10.8 Å². The molecule has 0 heterocycles. The molecule has 0 fully saturated rings. The van der Waals surface area contributed by atoms with Crippen molar-refractivity contribution in [2.24, 2.45) is 0 Å². The zero-order valence-corrected chi connectivity index (χ0v) is 12.7. The Kier molecular flexibility index (Phi) is 4.85. The van der Waals surface area contributed by atoms with E-state index in [1.807, 2.05) is 0 Å². The number of halogens is 2. The van der Waals surface area contributed by atoms with Crippen molar-refractivity contribution in [3.63, 3.8) is 0 Å². The van der Waals surface area contributed by atoms with Crippen molar-refractivity contribution in [3.8, 4) is 0 Å². The number of rotatable bonds is 4. The van der Waals surface area contributed by atoms with E-state index in [4.69, 9.17) is 28.9 Å². The molecular formula is C14H11Cl2N3O3. The number of nitrogens with two attached hydrogens (primary N) is 1. The van der Waals surface area contributed by atoms with Gasteiger partial charge in [0.05, 0.1) is 10.5 Å². The van der Waals surface area contributed by atoms with Crippen LogP contribution in [0.2, 0.25) is 10.0 Å². The van der Waals surface area contributed by atoms with E-state index < -0.39 is 10.8 Å². The lowest BCUT2D eigenvalue weighted by Crippen LogP contribution is -2.24. The van der Waals surface area contributed by atoms with Crippen molar-refractivity contribution < 1.29 is 9.72 Å². The molecular weight excluding hydrogens is 329 g/mol. The van der Waals surface area contributed by atoms with E-state index in [-0.39, 0.29) is 23.5 Å². The van der Waals surface area contributed by atoms with E-state index in [9.17, 15) is 14.9 Å². The van der Waals surface area contributed by atoms with Crippen LogP contribution in [0.5, 0.6) is 0 Å². The van der Waals surface area contributed by atoms with E-state index >= 15 is 0 Å². The monoisotopic (exact) mass is 339 g/mol. The second-order valence-electron chi connectivity index (χ2n) is 4.45. The van der Waals surface area contributed by atoms with Gasteiger partial charge in [-0.3, -0.25) is 14.9 Å². The highest BCUT2D eigenvalue weighted by Gasteiger charge is 2.15. The Morgan fingerprint density at radius 3 is 2.59 bits per heavy atom. The number of nitrogen functional groups attached to an aromatic ring is 1. The molecule has 0 aliphatic rings. The Hall–Kier alpha value is -2.31. The van der Waals surface area contributed by atoms with Gasteiger partial charge in [-0.15, -0.1) is 0 Å². The van der Waals surface area contributed by atoms with Gasteiger partial charge in [0.15, 0.2) is 0 Å². The van der Waals surface area contributed by atoms with E-state index in [0.717, 1.165) is 6.07 Å². The second kappa shape index (κ2) is 6.64. The normalized spacial score (nSPS) is 10.3. The van der Waals surface area contributed by atoms with E-state index in [1.165, 1.54) is 12.1 Å². The number of carbonyl (C=O) groups excluding carboxylic acids is 1. The molecule has 2 rings (SSSR count). The fourth-order valence-corrected chi connectivity index (χ4v) is 2.27. The Balaban J connectivity index is 2.15. The first-order valence-corrected chi connectivity index (χ1v) is 6.90. The lowest BCUT2D eigenvalue weighted by molar-refractivity contribution is -0.384. The van der Waals surface area contributed by atoms with Gasteiger partial charge in [0, 0.05) is 34.4 Å². The Labute approximate surface area is 136 Å². The van der Waals surface area contributed by atoms with Crippen LogP contribution >= 0.6 is 23.2 Å². The molecule has 2 aromatic carbocycles. The summed E-state index contributed by atoms with van der Waals surface area (Å²) < 4.78 is 0. The minimum atomic E-state index is -0.591. The largest absolute Gasteiger partial charge is 0.398 e. The van der Waals surface area contributed by atoms with Gasteiger partial charge in [-0.25, -0.2) is 0 Å². The number of nitro benzene ring substituents is 1. The average Bonchev–Trinajstić information content (AvgIpc) is 2.46. The molecule has 6 nitrogen and oxygen atoms in total. The van der Waals surface area contributed by atoms with Crippen LogP contribution in [0, 0.1) is 10.1 Å². The van der Waals surface area contributed by atoms with Crippen LogP contribution in [0.15, 0.2) is 36.4 Å². The SMILES string of the molecule is Nc1ccc([N+](=O)[O-])cc1C(=O)NCc1ccc(Cl)cc1Cl. The third-order valence-electron chi connectivity index (χ3n) is 2.95. The maximum Gasteiger partial charge on any atom is 0.270 e. The standard InChI is InChI=1S/C14H11Cl2N3O3/c15-9-2-1-8(12(16)5-9)7-18-14(20)11-6-10(19(21)22)3-4-13(11)17/h1-6H,7,17H2,(H,18,20). The Morgan fingerprint density at radius 2 is 1.95 bits per heavy atom. The molecule has 0 aliphatic heterocycles. The molecule has 0 bridgehead atoms. The highest BCUT2D eigenvalue weighted by molar-refractivity contribution is 6.35. The lowest BCUT2D eigenvalue weighted by Gasteiger charge is -2.09. The van der Waals surface area contributed by atoms with E-state index in [0.29, 0.717) is 15.6 Å². The molecule has 0 spiro atoms. The molecule has 3 N–H and O–H groups in total. The first-order chi connectivity index (χ1) is 10.4. The molecule has 0 saturated heterocycles.